The number of pyridine rings is 1. The summed E-state index contributed by atoms with van der Waals surface area (Å²) in [6.45, 7) is 4.06. The Labute approximate surface area is 152 Å². The molecule has 0 bridgehead atoms. The first kappa shape index (κ1) is 17.7. The number of rotatable bonds is 3. The van der Waals surface area contributed by atoms with E-state index in [1.165, 1.54) is 0 Å². The molecule has 0 saturated carbocycles. The Bertz CT molecular complexity index is 1010. The van der Waals surface area contributed by atoms with Crippen LogP contribution in [0.25, 0.3) is 11.0 Å². The molecule has 0 fully saturated rings. The lowest BCUT2D eigenvalue weighted by atomic mass is 10.2. The highest BCUT2D eigenvalue weighted by molar-refractivity contribution is 5.84. The molecule has 26 heavy (non-hydrogen) atoms. The van der Waals surface area contributed by atoms with Crippen molar-refractivity contribution in [2.45, 2.75) is 13.8 Å². The summed E-state index contributed by atoms with van der Waals surface area (Å²) in [7, 11) is 5.90. The zero-order chi connectivity index (χ0) is 18.7. The zero-order valence-corrected chi connectivity index (χ0v) is 15.8. The van der Waals surface area contributed by atoms with Crippen molar-refractivity contribution in [3.63, 3.8) is 0 Å². The highest BCUT2D eigenvalue weighted by atomic mass is 15.3. The Morgan fingerprint density at radius 1 is 0.962 bits per heavy atom. The van der Waals surface area contributed by atoms with Gasteiger partial charge in [0.15, 0.2) is 0 Å². The van der Waals surface area contributed by atoms with E-state index in [9.17, 15) is 0 Å². The fraction of sp³-hybridized carbons (Fsp3) is 0.316. The van der Waals surface area contributed by atoms with Crippen molar-refractivity contribution in [1.82, 2.24) is 9.13 Å². The lowest BCUT2D eigenvalue weighted by Gasteiger charge is -1.98. The normalized spacial score (nSPS) is 12.5. The Morgan fingerprint density at radius 3 is 2.15 bits per heavy atom. The molecule has 0 aliphatic carbocycles. The molecule has 0 saturated heterocycles. The number of amidine groups is 1. The second kappa shape index (κ2) is 7.43. The second-order valence-electron chi connectivity index (χ2n) is 6.49. The van der Waals surface area contributed by atoms with Gasteiger partial charge in [0, 0.05) is 26.1 Å². The van der Waals surface area contributed by atoms with Crippen LogP contribution in [0.2, 0.25) is 0 Å². The van der Waals surface area contributed by atoms with Crippen LogP contribution in [0, 0.1) is 5.92 Å². The molecule has 2 aromatic heterocycles. The van der Waals surface area contributed by atoms with Gasteiger partial charge < -0.3 is 9.13 Å². The summed E-state index contributed by atoms with van der Waals surface area (Å²) in [4.78, 5) is 0. The second-order valence-corrected chi connectivity index (χ2v) is 6.49. The van der Waals surface area contributed by atoms with Gasteiger partial charge in [0.05, 0.1) is 29.4 Å². The van der Waals surface area contributed by atoms with Crippen LogP contribution in [0.3, 0.4) is 0 Å². The molecular formula is C19H24N7+. The fourth-order valence-corrected chi connectivity index (χ4v) is 2.67. The third-order valence-corrected chi connectivity index (χ3v) is 4.25. The maximum atomic E-state index is 4.45. The Kier molecular flexibility index (Phi) is 5.06. The summed E-state index contributed by atoms with van der Waals surface area (Å²) in [6, 6.07) is 14.0. The SMILES string of the molecule is CC(C)/C(N=Nc1cccc[n+]1C)=N/N=c1n(C)c2ccccc2n1C. The van der Waals surface area contributed by atoms with Gasteiger partial charge in [0.25, 0.3) is 0 Å². The molecule has 1 aromatic carbocycles. The van der Waals surface area contributed by atoms with E-state index in [1.807, 2.05) is 85.2 Å². The number of azo groups is 1. The standard InChI is InChI=1S/C19H24N7/c1-14(2)18(21-20-17-12-8-9-13-24(17)3)22-23-19-25(4)15-10-6-7-11-16(15)26(19)5/h6-14H,1-5H3/q+1. The van der Waals surface area contributed by atoms with Gasteiger partial charge in [-0.15, -0.1) is 10.2 Å². The molecule has 3 rings (SSSR count). The van der Waals surface area contributed by atoms with Gasteiger partial charge in [-0.2, -0.15) is 0 Å². The molecule has 0 aliphatic rings. The van der Waals surface area contributed by atoms with E-state index in [0.717, 1.165) is 22.5 Å². The van der Waals surface area contributed by atoms with Crippen LogP contribution in [-0.4, -0.2) is 15.0 Å². The van der Waals surface area contributed by atoms with Crippen LogP contribution in [0.5, 0.6) is 0 Å². The average molecular weight is 350 g/mol. The molecule has 7 nitrogen and oxygen atoms in total. The molecule has 134 valence electrons. The lowest BCUT2D eigenvalue weighted by molar-refractivity contribution is -0.658. The van der Waals surface area contributed by atoms with E-state index in [-0.39, 0.29) is 5.92 Å². The van der Waals surface area contributed by atoms with Crippen molar-refractivity contribution in [2.75, 3.05) is 0 Å². The molecular weight excluding hydrogens is 326 g/mol. The fourth-order valence-electron chi connectivity index (χ4n) is 2.67. The minimum absolute atomic E-state index is 0.108. The number of para-hydroxylation sites is 2. The third-order valence-electron chi connectivity index (χ3n) is 4.25. The van der Waals surface area contributed by atoms with Crippen LogP contribution in [-0.2, 0) is 21.1 Å². The zero-order valence-electron chi connectivity index (χ0n) is 15.8. The summed E-state index contributed by atoms with van der Waals surface area (Å²) in [5, 5.41) is 17.5. The molecule has 2 heterocycles. The van der Waals surface area contributed by atoms with Gasteiger partial charge in [-0.3, -0.25) is 0 Å². The van der Waals surface area contributed by atoms with Crippen molar-refractivity contribution in [2.24, 2.45) is 47.5 Å². The third kappa shape index (κ3) is 3.46. The number of imidazole rings is 1. The number of nitrogens with zero attached hydrogens (tertiary/aromatic N) is 7. The summed E-state index contributed by atoms with van der Waals surface area (Å²) in [6.07, 6.45) is 1.93. The number of aryl methyl sites for hydroxylation is 3. The summed E-state index contributed by atoms with van der Waals surface area (Å²) < 4.78 is 5.94. The van der Waals surface area contributed by atoms with E-state index in [1.54, 1.807) is 0 Å². The van der Waals surface area contributed by atoms with Crippen molar-refractivity contribution in [3.05, 3.63) is 54.3 Å². The molecule has 0 spiro atoms. The van der Waals surface area contributed by atoms with Gasteiger partial charge in [-0.05, 0) is 23.3 Å². The van der Waals surface area contributed by atoms with E-state index in [0.29, 0.717) is 5.84 Å². The Hall–Kier alpha value is -3.09. The largest absolute Gasteiger partial charge is 0.350 e. The molecule has 7 heteroatoms. The molecule has 3 aromatic rings. The first-order chi connectivity index (χ1) is 12.5. The minimum Gasteiger partial charge on any atom is -0.312 e. The monoisotopic (exact) mass is 350 g/mol. The predicted octanol–water partition coefficient (Wildman–Crippen LogP) is 3.00. The van der Waals surface area contributed by atoms with E-state index in [2.05, 4.69) is 32.6 Å². The highest BCUT2D eigenvalue weighted by Crippen LogP contribution is 2.10. The minimum atomic E-state index is 0.108. The van der Waals surface area contributed by atoms with Gasteiger partial charge in [0.2, 0.25) is 11.5 Å². The molecule has 0 unspecified atom stereocenters. The molecule has 0 N–H and O–H groups in total. The van der Waals surface area contributed by atoms with Crippen molar-refractivity contribution < 1.29 is 4.57 Å². The van der Waals surface area contributed by atoms with Crippen LogP contribution >= 0.6 is 0 Å². The summed E-state index contributed by atoms with van der Waals surface area (Å²) in [5.41, 5.74) is 2.96. The van der Waals surface area contributed by atoms with Gasteiger partial charge >= 0.3 is 5.82 Å². The molecule has 0 radical (unpaired) electrons. The Balaban J connectivity index is 2.03. The predicted molar refractivity (Wildman–Crippen MR) is 102 cm³/mol. The molecule has 0 aliphatic heterocycles. The van der Waals surface area contributed by atoms with Crippen LogP contribution < -0.4 is 10.2 Å². The summed E-state index contributed by atoms with van der Waals surface area (Å²) >= 11 is 0. The van der Waals surface area contributed by atoms with E-state index >= 15 is 0 Å². The smallest absolute Gasteiger partial charge is 0.312 e. The first-order valence-electron chi connectivity index (χ1n) is 8.57. The van der Waals surface area contributed by atoms with Crippen molar-refractivity contribution >= 4 is 22.7 Å². The average Bonchev–Trinajstić information content (AvgIpc) is 2.87. The number of fused-ring (bicyclic) bond motifs is 1. The van der Waals surface area contributed by atoms with Crippen LogP contribution in [0.1, 0.15) is 13.8 Å². The van der Waals surface area contributed by atoms with Crippen LogP contribution in [0.15, 0.2) is 69.1 Å². The number of aromatic nitrogens is 3. The highest BCUT2D eigenvalue weighted by Gasteiger charge is 2.10. The van der Waals surface area contributed by atoms with E-state index < -0.39 is 0 Å². The van der Waals surface area contributed by atoms with Gasteiger partial charge in [-0.25, -0.2) is 4.57 Å². The number of hydrogen-bond donors (Lipinski definition) is 0. The maximum Gasteiger partial charge on any atom is 0.350 e. The molecule has 0 amide bonds. The van der Waals surface area contributed by atoms with Crippen LogP contribution in [0.4, 0.5) is 5.82 Å². The number of hydrogen-bond acceptors (Lipinski definition) is 3. The Morgan fingerprint density at radius 2 is 1.58 bits per heavy atom. The maximum absolute atomic E-state index is 4.45. The van der Waals surface area contributed by atoms with Gasteiger partial charge in [0.1, 0.15) is 0 Å². The first-order valence-corrected chi connectivity index (χ1v) is 8.57. The summed E-state index contributed by atoms with van der Waals surface area (Å²) in [5.74, 6) is 1.45. The molecule has 0 atom stereocenters. The quantitative estimate of drug-likeness (QED) is 0.229. The topological polar surface area (TPSA) is 63.2 Å². The van der Waals surface area contributed by atoms with E-state index in [4.69, 9.17) is 0 Å². The van der Waals surface area contributed by atoms with Crippen molar-refractivity contribution in [3.8, 4) is 0 Å². The van der Waals surface area contributed by atoms with Gasteiger partial charge in [-0.1, -0.05) is 32.0 Å². The lowest BCUT2D eigenvalue weighted by Crippen LogP contribution is -2.26. The van der Waals surface area contributed by atoms with Crippen molar-refractivity contribution in [1.29, 1.82) is 0 Å². The number of benzene rings is 1.